The number of methoxy groups -OCH3 is 2. The zero-order chi connectivity index (χ0) is 14.4. The second-order valence-corrected chi connectivity index (χ2v) is 4.39. The van der Waals surface area contributed by atoms with Gasteiger partial charge in [-0.3, -0.25) is 10.1 Å². The van der Waals surface area contributed by atoms with Gasteiger partial charge in [0.15, 0.2) is 0 Å². The van der Waals surface area contributed by atoms with Crippen LogP contribution >= 0.6 is 0 Å². The zero-order valence-electron chi connectivity index (χ0n) is 11.6. The molecule has 19 heavy (non-hydrogen) atoms. The fourth-order valence-corrected chi connectivity index (χ4v) is 1.68. The lowest BCUT2D eigenvalue weighted by Gasteiger charge is -2.19. The molecule has 1 aromatic heterocycles. The number of carbonyl (C=O) groups excluding carboxylic acids is 2. The Bertz CT molecular complexity index is 438. The van der Waals surface area contributed by atoms with E-state index in [9.17, 15) is 9.59 Å². The molecule has 1 unspecified atom stereocenters. The van der Waals surface area contributed by atoms with Gasteiger partial charge in [-0.15, -0.1) is 0 Å². The van der Waals surface area contributed by atoms with Crippen molar-refractivity contribution >= 4 is 11.9 Å². The number of ether oxygens (including phenoxy) is 2. The van der Waals surface area contributed by atoms with Crippen molar-refractivity contribution in [1.29, 1.82) is 0 Å². The Morgan fingerprint density at radius 1 is 1.32 bits per heavy atom. The number of rotatable bonds is 6. The van der Waals surface area contributed by atoms with Crippen LogP contribution in [0.5, 0.6) is 0 Å². The fourth-order valence-electron chi connectivity index (χ4n) is 1.68. The minimum absolute atomic E-state index is 0.0703. The molecule has 0 aliphatic carbocycles. The van der Waals surface area contributed by atoms with Gasteiger partial charge < -0.3 is 13.9 Å². The normalized spacial score (nSPS) is 12.3. The number of hydrogen-bond acceptors (Lipinski definition) is 6. The average molecular weight is 269 g/mol. The van der Waals surface area contributed by atoms with Crippen LogP contribution in [-0.4, -0.2) is 32.2 Å². The molecule has 1 aromatic rings. The maximum Gasteiger partial charge on any atom is 0.374 e. The van der Waals surface area contributed by atoms with Gasteiger partial charge in [0.1, 0.15) is 6.04 Å². The highest BCUT2D eigenvalue weighted by molar-refractivity contribution is 5.87. The van der Waals surface area contributed by atoms with Crippen LogP contribution in [0.4, 0.5) is 0 Å². The van der Waals surface area contributed by atoms with Crippen LogP contribution < -0.4 is 5.32 Å². The van der Waals surface area contributed by atoms with Crippen LogP contribution in [0.25, 0.3) is 0 Å². The predicted octanol–water partition coefficient (Wildman–Crippen LogP) is 1.35. The van der Waals surface area contributed by atoms with Gasteiger partial charge >= 0.3 is 11.9 Å². The molecule has 0 spiro atoms. The first kappa shape index (κ1) is 15.2. The van der Waals surface area contributed by atoms with Crippen molar-refractivity contribution in [2.45, 2.75) is 26.4 Å². The van der Waals surface area contributed by atoms with E-state index in [0.29, 0.717) is 12.1 Å². The molecule has 0 aromatic carbocycles. The second kappa shape index (κ2) is 6.94. The van der Waals surface area contributed by atoms with Crippen molar-refractivity contribution in [1.82, 2.24) is 5.32 Å². The Labute approximate surface area is 112 Å². The molecule has 0 bridgehead atoms. The molecule has 0 fully saturated rings. The van der Waals surface area contributed by atoms with E-state index in [1.807, 2.05) is 13.8 Å². The number of esters is 2. The van der Waals surface area contributed by atoms with E-state index in [0.717, 1.165) is 0 Å². The Morgan fingerprint density at radius 2 is 2.00 bits per heavy atom. The standard InChI is InChI=1S/C13H19NO5/c1-8(2)10(12(15)17-3)14-7-9-5-6-19-11(9)13(16)18-4/h5-6,8,10,14H,7H2,1-4H3. The molecule has 6 nitrogen and oxygen atoms in total. The first-order valence-corrected chi connectivity index (χ1v) is 5.97. The van der Waals surface area contributed by atoms with Crippen molar-refractivity contribution in [3.05, 3.63) is 23.7 Å². The van der Waals surface area contributed by atoms with Gasteiger partial charge in [-0.05, 0) is 12.0 Å². The highest BCUT2D eigenvalue weighted by Gasteiger charge is 2.24. The zero-order valence-corrected chi connectivity index (χ0v) is 11.6. The summed E-state index contributed by atoms with van der Waals surface area (Å²) in [6.45, 7) is 4.13. The molecule has 0 aliphatic rings. The van der Waals surface area contributed by atoms with Crippen molar-refractivity contribution in [3.63, 3.8) is 0 Å². The summed E-state index contributed by atoms with van der Waals surface area (Å²) in [5.74, 6) is -0.664. The van der Waals surface area contributed by atoms with Gasteiger partial charge in [0.05, 0.1) is 20.5 Å². The van der Waals surface area contributed by atoms with Crippen LogP contribution in [0.3, 0.4) is 0 Å². The predicted molar refractivity (Wildman–Crippen MR) is 67.5 cm³/mol. The van der Waals surface area contributed by atoms with Crippen LogP contribution in [0.15, 0.2) is 16.7 Å². The number of furan rings is 1. The molecule has 1 heterocycles. The molecule has 0 saturated carbocycles. The Morgan fingerprint density at radius 3 is 2.53 bits per heavy atom. The number of nitrogens with one attached hydrogen (secondary N) is 1. The lowest BCUT2D eigenvalue weighted by Crippen LogP contribution is -2.41. The van der Waals surface area contributed by atoms with Gasteiger partial charge in [0, 0.05) is 12.1 Å². The summed E-state index contributed by atoms with van der Waals surface area (Å²) in [4.78, 5) is 23.0. The molecule has 0 amide bonds. The maximum absolute atomic E-state index is 11.6. The monoisotopic (exact) mass is 269 g/mol. The van der Waals surface area contributed by atoms with Crippen molar-refractivity contribution in [2.75, 3.05) is 14.2 Å². The Balaban J connectivity index is 2.72. The van der Waals surface area contributed by atoms with Crippen molar-refractivity contribution in [2.24, 2.45) is 5.92 Å². The molecule has 0 aliphatic heterocycles. The summed E-state index contributed by atoms with van der Waals surface area (Å²) in [5, 5.41) is 3.05. The quantitative estimate of drug-likeness (QED) is 0.785. The Hall–Kier alpha value is -1.82. The summed E-state index contributed by atoms with van der Waals surface area (Å²) < 4.78 is 14.4. The van der Waals surface area contributed by atoms with Gasteiger partial charge in [-0.25, -0.2) is 4.79 Å². The van der Waals surface area contributed by atoms with Crippen LogP contribution in [0.2, 0.25) is 0 Å². The first-order chi connectivity index (χ1) is 9.01. The largest absolute Gasteiger partial charge is 0.468 e. The molecule has 0 radical (unpaired) electrons. The minimum Gasteiger partial charge on any atom is -0.468 e. The van der Waals surface area contributed by atoms with Gasteiger partial charge in [-0.1, -0.05) is 13.8 Å². The van der Waals surface area contributed by atoms with E-state index in [2.05, 4.69) is 10.1 Å². The molecule has 0 saturated heterocycles. The van der Waals surface area contributed by atoms with Gasteiger partial charge in [0.2, 0.25) is 5.76 Å². The van der Waals surface area contributed by atoms with Crippen LogP contribution in [0, 0.1) is 5.92 Å². The van der Waals surface area contributed by atoms with E-state index in [-0.39, 0.29) is 17.6 Å². The third-order valence-electron chi connectivity index (χ3n) is 2.75. The molecule has 1 atom stereocenters. The highest BCUT2D eigenvalue weighted by atomic mass is 16.5. The molecular formula is C13H19NO5. The first-order valence-electron chi connectivity index (χ1n) is 5.97. The fraction of sp³-hybridized carbons (Fsp3) is 0.538. The van der Waals surface area contributed by atoms with Crippen molar-refractivity contribution in [3.8, 4) is 0 Å². The molecule has 1 N–H and O–H groups in total. The third kappa shape index (κ3) is 3.82. The van der Waals surface area contributed by atoms with Gasteiger partial charge in [0.25, 0.3) is 0 Å². The topological polar surface area (TPSA) is 77.8 Å². The summed E-state index contributed by atoms with van der Waals surface area (Å²) in [6, 6.07) is 1.22. The Kier molecular flexibility index (Phi) is 5.57. The van der Waals surface area contributed by atoms with E-state index in [1.54, 1.807) is 6.07 Å². The second-order valence-electron chi connectivity index (χ2n) is 4.39. The van der Waals surface area contributed by atoms with E-state index in [4.69, 9.17) is 9.15 Å². The summed E-state index contributed by atoms with van der Waals surface area (Å²) in [6.07, 6.45) is 1.41. The summed E-state index contributed by atoms with van der Waals surface area (Å²) in [7, 11) is 2.63. The van der Waals surface area contributed by atoms with E-state index < -0.39 is 12.0 Å². The molecule has 106 valence electrons. The lowest BCUT2D eigenvalue weighted by molar-refractivity contribution is -0.144. The summed E-state index contributed by atoms with van der Waals surface area (Å²) >= 11 is 0. The van der Waals surface area contributed by atoms with Crippen molar-refractivity contribution < 1.29 is 23.5 Å². The number of hydrogen-bond donors (Lipinski definition) is 1. The average Bonchev–Trinajstić information content (AvgIpc) is 2.85. The molecule has 1 rings (SSSR count). The number of carbonyl (C=O) groups is 2. The van der Waals surface area contributed by atoms with E-state index in [1.165, 1.54) is 20.5 Å². The SMILES string of the molecule is COC(=O)c1occc1CNC(C(=O)OC)C(C)C. The van der Waals surface area contributed by atoms with E-state index >= 15 is 0 Å². The molecule has 6 heteroatoms. The highest BCUT2D eigenvalue weighted by Crippen LogP contribution is 2.13. The smallest absolute Gasteiger partial charge is 0.374 e. The van der Waals surface area contributed by atoms with Crippen LogP contribution in [-0.2, 0) is 20.8 Å². The maximum atomic E-state index is 11.6. The van der Waals surface area contributed by atoms with Gasteiger partial charge in [-0.2, -0.15) is 0 Å². The minimum atomic E-state index is -0.541. The molecular weight excluding hydrogens is 250 g/mol. The summed E-state index contributed by atoms with van der Waals surface area (Å²) in [5.41, 5.74) is 0.640. The third-order valence-corrected chi connectivity index (χ3v) is 2.75. The van der Waals surface area contributed by atoms with Crippen LogP contribution in [0.1, 0.15) is 30.0 Å². The lowest BCUT2D eigenvalue weighted by atomic mass is 10.0.